The molecule has 2 aromatic carbocycles. The summed E-state index contributed by atoms with van der Waals surface area (Å²) in [5.74, 6) is -1.82. The molecule has 0 saturated carbocycles. The Morgan fingerprint density at radius 3 is 1.88 bits per heavy atom. The largest absolute Gasteiger partial charge is 0.480 e. The fraction of sp³-hybridized carbons (Fsp3) is 0.385. The fourth-order valence-electron chi connectivity index (χ4n) is 3.22. The van der Waals surface area contributed by atoms with Crippen LogP contribution in [0.2, 0.25) is 0 Å². The summed E-state index contributed by atoms with van der Waals surface area (Å²) >= 11 is 0. The van der Waals surface area contributed by atoms with Crippen LogP contribution in [0.4, 0.5) is 21.0 Å². The summed E-state index contributed by atoms with van der Waals surface area (Å²) in [5.41, 5.74) is -1.79. The Labute approximate surface area is 242 Å². The van der Waals surface area contributed by atoms with Crippen LogP contribution in [0.15, 0.2) is 58.4 Å². The lowest BCUT2D eigenvalue weighted by Crippen LogP contribution is -2.47. The van der Waals surface area contributed by atoms with Crippen molar-refractivity contribution in [2.45, 2.75) is 70.1 Å². The highest BCUT2D eigenvalue weighted by Crippen LogP contribution is 2.23. The van der Waals surface area contributed by atoms with Gasteiger partial charge in [0.2, 0.25) is 16.0 Å². The van der Waals surface area contributed by atoms with E-state index < -0.39 is 60.9 Å². The second-order valence-corrected chi connectivity index (χ2v) is 12.5. The van der Waals surface area contributed by atoms with Crippen LogP contribution in [0.1, 0.15) is 47.1 Å². The summed E-state index contributed by atoms with van der Waals surface area (Å²) in [5, 5.41) is 25.6. The number of carboxylic acid groups (broad SMARTS) is 1. The van der Waals surface area contributed by atoms with E-state index >= 15 is 0 Å². The first-order valence-electron chi connectivity index (χ1n) is 12.4. The van der Waals surface area contributed by atoms with Crippen molar-refractivity contribution in [1.82, 2.24) is 15.4 Å². The summed E-state index contributed by atoms with van der Waals surface area (Å²) in [6, 6.07) is 8.65. The molecule has 2 amide bonds. The Bertz CT molecular complexity index is 1430. The maximum atomic E-state index is 12.8. The van der Waals surface area contributed by atoms with E-state index in [9.17, 15) is 38.0 Å². The molecule has 0 bridgehead atoms. The molecule has 0 aliphatic heterocycles. The highest BCUT2D eigenvalue weighted by atomic mass is 32.2. The highest BCUT2D eigenvalue weighted by Gasteiger charge is 2.30. The zero-order chi connectivity index (χ0) is 31.9. The molecule has 0 radical (unpaired) electrons. The van der Waals surface area contributed by atoms with Crippen LogP contribution in [0.5, 0.6) is 0 Å². The lowest BCUT2D eigenvalue weighted by molar-refractivity contribution is -0.387. The summed E-state index contributed by atoms with van der Waals surface area (Å²) < 4.78 is 38.0. The van der Waals surface area contributed by atoms with Crippen molar-refractivity contribution in [3.05, 3.63) is 64.2 Å². The average Bonchev–Trinajstić information content (AvgIpc) is 2.82. The van der Waals surface area contributed by atoms with Gasteiger partial charge < -0.3 is 14.6 Å². The molecule has 0 aliphatic rings. The Morgan fingerprint density at radius 2 is 1.43 bits per heavy atom. The van der Waals surface area contributed by atoms with Gasteiger partial charge in [-0.15, -0.1) is 0 Å². The summed E-state index contributed by atoms with van der Waals surface area (Å²) in [6.45, 7) is 9.89. The Kier molecular flexibility index (Phi) is 10.7. The standard InChI is InChI=1S/C26H33N5O10S/c1-25(2,3)40-23(34)28-22(29-24(35)41-26(4,5)6)27-17-13-11-16(12-14-17)15-18(21(32)33)30-42(38,39)20-10-8-7-9-19(20)31(36)37/h7-14,18,30H,15H2,1-6H3,(H,32,33)(H2,27,28,29,34,35)/t18-/m0/s1. The second kappa shape index (κ2) is 13.4. The Hall–Kier alpha value is -4.57. The van der Waals surface area contributed by atoms with Gasteiger partial charge in [0, 0.05) is 6.07 Å². The van der Waals surface area contributed by atoms with Crippen LogP contribution in [0.3, 0.4) is 0 Å². The number of carboxylic acids is 1. The van der Waals surface area contributed by atoms with Gasteiger partial charge in [0.1, 0.15) is 17.2 Å². The van der Waals surface area contributed by atoms with Gasteiger partial charge in [0.25, 0.3) is 5.69 Å². The summed E-state index contributed by atoms with van der Waals surface area (Å²) in [7, 11) is -4.57. The average molecular weight is 608 g/mol. The number of aliphatic carboxylic acids is 1. The second-order valence-electron chi connectivity index (χ2n) is 10.8. The van der Waals surface area contributed by atoms with Crippen molar-refractivity contribution in [1.29, 1.82) is 0 Å². The van der Waals surface area contributed by atoms with Crippen LogP contribution in [0, 0.1) is 10.1 Å². The molecule has 2 aromatic rings. The quantitative estimate of drug-likeness (QED) is 0.148. The third kappa shape index (κ3) is 11.1. The molecule has 0 heterocycles. The third-order valence-corrected chi connectivity index (χ3v) is 6.32. The molecule has 0 fully saturated rings. The van der Waals surface area contributed by atoms with Crippen molar-refractivity contribution >= 4 is 45.5 Å². The predicted molar refractivity (Wildman–Crippen MR) is 151 cm³/mol. The Balaban J connectivity index is 2.28. The summed E-state index contributed by atoms with van der Waals surface area (Å²) in [6.07, 6.45) is -2.12. The van der Waals surface area contributed by atoms with Gasteiger partial charge in [-0.25, -0.2) is 23.0 Å². The summed E-state index contributed by atoms with van der Waals surface area (Å²) in [4.78, 5) is 50.3. The fourth-order valence-corrected chi connectivity index (χ4v) is 4.59. The van der Waals surface area contributed by atoms with Gasteiger partial charge in [0.05, 0.1) is 10.6 Å². The molecule has 0 saturated heterocycles. The van der Waals surface area contributed by atoms with E-state index in [1.807, 2.05) is 4.72 Å². The zero-order valence-electron chi connectivity index (χ0n) is 23.8. The lowest BCUT2D eigenvalue weighted by Gasteiger charge is -2.22. The van der Waals surface area contributed by atoms with E-state index in [1.54, 1.807) is 41.5 Å². The predicted octanol–water partition coefficient (Wildman–Crippen LogP) is 3.61. The topological polar surface area (TPSA) is 216 Å². The van der Waals surface area contributed by atoms with Crippen molar-refractivity contribution in [2.75, 3.05) is 0 Å². The normalized spacial score (nSPS) is 12.4. The number of benzene rings is 2. The molecule has 16 heteroatoms. The van der Waals surface area contributed by atoms with Gasteiger partial charge in [0.15, 0.2) is 4.90 Å². The van der Waals surface area contributed by atoms with E-state index in [4.69, 9.17) is 9.47 Å². The number of ether oxygens (including phenoxy) is 2. The van der Waals surface area contributed by atoms with Gasteiger partial charge in [-0.2, -0.15) is 4.72 Å². The van der Waals surface area contributed by atoms with Crippen LogP contribution in [0.25, 0.3) is 0 Å². The van der Waals surface area contributed by atoms with Gasteiger partial charge in [-0.05, 0) is 71.7 Å². The van der Waals surface area contributed by atoms with E-state index in [0.717, 1.165) is 12.1 Å². The number of nitrogens with zero attached hydrogens (tertiary/aromatic N) is 2. The van der Waals surface area contributed by atoms with Crippen molar-refractivity contribution in [3.8, 4) is 0 Å². The van der Waals surface area contributed by atoms with Crippen molar-refractivity contribution < 1.29 is 42.3 Å². The van der Waals surface area contributed by atoms with Crippen molar-refractivity contribution in [2.24, 2.45) is 4.99 Å². The zero-order valence-corrected chi connectivity index (χ0v) is 24.6. The van der Waals surface area contributed by atoms with E-state index in [2.05, 4.69) is 15.6 Å². The molecule has 15 nitrogen and oxygen atoms in total. The number of nitro benzene ring substituents is 1. The van der Waals surface area contributed by atoms with Crippen LogP contribution < -0.4 is 15.4 Å². The highest BCUT2D eigenvalue weighted by molar-refractivity contribution is 7.89. The van der Waals surface area contributed by atoms with E-state index in [0.29, 0.717) is 5.56 Å². The van der Waals surface area contributed by atoms with Gasteiger partial charge >= 0.3 is 18.2 Å². The minimum atomic E-state index is -4.57. The number of amides is 2. The maximum absolute atomic E-state index is 12.8. The molecule has 0 unspecified atom stereocenters. The van der Waals surface area contributed by atoms with Crippen LogP contribution in [-0.4, -0.2) is 59.8 Å². The van der Waals surface area contributed by atoms with Gasteiger partial charge in [-0.3, -0.25) is 25.5 Å². The molecule has 0 spiro atoms. The lowest BCUT2D eigenvalue weighted by atomic mass is 10.1. The number of rotatable bonds is 8. The number of guanidine groups is 1. The number of hydrogen-bond donors (Lipinski definition) is 4. The number of carbonyl (C=O) groups excluding carboxylic acids is 2. The minimum absolute atomic E-state index is 0.216. The molecule has 0 aromatic heterocycles. The first-order valence-corrected chi connectivity index (χ1v) is 13.9. The molecular formula is C26H33N5O10S. The number of carbonyl (C=O) groups is 3. The minimum Gasteiger partial charge on any atom is -0.480 e. The number of hydrogen-bond acceptors (Lipinski definition) is 10. The Morgan fingerprint density at radius 1 is 0.929 bits per heavy atom. The monoisotopic (exact) mass is 607 g/mol. The number of para-hydroxylation sites is 1. The molecule has 2 rings (SSSR count). The number of sulfonamides is 1. The SMILES string of the molecule is CC(C)(C)OC(=O)NC(=Nc1ccc(C[C@H](NS(=O)(=O)c2ccccc2[N+](=O)[O-])C(=O)O)cc1)NC(=O)OC(C)(C)C. The first-order chi connectivity index (χ1) is 19.3. The molecule has 1 atom stereocenters. The van der Waals surface area contributed by atoms with Crippen LogP contribution in [-0.2, 0) is 30.7 Å². The third-order valence-electron chi connectivity index (χ3n) is 4.80. The molecule has 0 aliphatic carbocycles. The van der Waals surface area contributed by atoms with Crippen molar-refractivity contribution in [3.63, 3.8) is 0 Å². The molecular weight excluding hydrogens is 574 g/mol. The van der Waals surface area contributed by atoms with E-state index in [1.165, 1.54) is 36.4 Å². The number of nitrogens with one attached hydrogen (secondary N) is 3. The smallest absolute Gasteiger partial charge is 0.414 e. The number of alkyl carbamates (subject to hydrolysis) is 2. The molecule has 4 N–H and O–H groups in total. The van der Waals surface area contributed by atoms with Crippen LogP contribution >= 0.6 is 0 Å². The van der Waals surface area contributed by atoms with Gasteiger partial charge in [-0.1, -0.05) is 24.3 Å². The maximum Gasteiger partial charge on any atom is 0.414 e. The first kappa shape index (κ1) is 33.6. The number of aliphatic imine (C=N–C) groups is 1. The van der Waals surface area contributed by atoms with E-state index in [-0.39, 0.29) is 18.1 Å². The number of nitro groups is 1. The molecule has 42 heavy (non-hydrogen) atoms. The molecule has 228 valence electrons.